The predicted molar refractivity (Wildman–Crippen MR) is 74.1 cm³/mol. The molecule has 0 aliphatic rings. The Balaban J connectivity index is 2.40. The second-order valence-corrected chi connectivity index (χ2v) is 9.57. The van der Waals surface area contributed by atoms with Crippen LogP contribution in [-0.2, 0) is 9.53 Å². The standard InChI is InChI=1S/C14H20O2Si/c1-4-14(15)16-11-8-12-17(2,3)13-9-6-5-7-10-13/h4-7,9-10H,1,8,11-12H2,2-3H3. The number of rotatable bonds is 6. The molecule has 0 fully saturated rings. The van der Waals surface area contributed by atoms with Crippen LogP contribution in [0.4, 0.5) is 0 Å². The minimum Gasteiger partial charge on any atom is -0.463 e. The van der Waals surface area contributed by atoms with Crippen LogP contribution in [0.15, 0.2) is 43.0 Å². The van der Waals surface area contributed by atoms with Crippen molar-refractivity contribution in [3.05, 3.63) is 43.0 Å². The first-order chi connectivity index (χ1) is 8.06. The highest BCUT2D eigenvalue weighted by atomic mass is 28.3. The molecule has 17 heavy (non-hydrogen) atoms. The quantitative estimate of drug-likeness (QED) is 0.335. The molecule has 92 valence electrons. The zero-order valence-corrected chi connectivity index (χ0v) is 11.6. The van der Waals surface area contributed by atoms with E-state index in [4.69, 9.17) is 4.74 Å². The van der Waals surface area contributed by atoms with Crippen molar-refractivity contribution in [2.24, 2.45) is 0 Å². The summed E-state index contributed by atoms with van der Waals surface area (Å²) in [5.74, 6) is -0.329. The zero-order chi connectivity index (χ0) is 12.7. The van der Waals surface area contributed by atoms with Gasteiger partial charge in [0.25, 0.3) is 0 Å². The lowest BCUT2D eigenvalue weighted by Gasteiger charge is -2.22. The molecule has 0 aliphatic heterocycles. The van der Waals surface area contributed by atoms with Gasteiger partial charge in [-0.25, -0.2) is 4.79 Å². The fourth-order valence-corrected chi connectivity index (χ4v) is 4.19. The zero-order valence-electron chi connectivity index (χ0n) is 10.6. The van der Waals surface area contributed by atoms with Crippen LogP contribution in [-0.4, -0.2) is 20.7 Å². The van der Waals surface area contributed by atoms with Crippen molar-refractivity contribution >= 4 is 19.2 Å². The Morgan fingerprint density at radius 2 is 2.00 bits per heavy atom. The normalized spacial score (nSPS) is 10.9. The highest BCUT2D eigenvalue weighted by molar-refractivity contribution is 6.89. The van der Waals surface area contributed by atoms with Crippen LogP contribution in [0.2, 0.25) is 19.1 Å². The highest BCUT2D eigenvalue weighted by Crippen LogP contribution is 2.12. The van der Waals surface area contributed by atoms with Gasteiger partial charge in [0.1, 0.15) is 0 Å². The van der Waals surface area contributed by atoms with E-state index in [0.717, 1.165) is 12.5 Å². The van der Waals surface area contributed by atoms with E-state index in [-0.39, 0.29) is 5.97 Å². The van der Waals surface area contributed by atoms with Gasteiger partial charge in [-0.2, -0.15) is 0 Å². The van der Waals surface area contributed by atoms with E-state index in [9.17, 15) is 4.79 Å². The number of hydrogen-bond donors (Lipinski definition) is 0. The van der Waals surface area contributed by atoms with Crippen molar-refractivity contribution in [2.45, 2.75) is 25.6 Å². The number of benzene rings is 1. The van der Waals surface area contributed by atoms with E-state index >= 15 is 0 Å². The number of hydrogen-bond acceptors (Lipinski definition) is 2. The lowest BCUT2D eigenvalue weighted by Crippen LogP contribution is -2.41. The van der Waals surface area contributed by atoms with Gasteiger partial charge in [0.05, 0.1) is 14.7 Å². The molecule has 0 radical (unpaired) electrons. The first kappa shape index (κ1) is 13.7. The molecule has 2 nitrogen and oxygen atoms in total. The van der Waals surface area contributed by atoms with Gasteiger partial charge in [0.2, 0.25) is 0 Å². The minimum absolute atomic E-state index is 0.329. The largest absolute Gasteiger partial charge is 0.463 e. The van der Waals surface area contributed by atoms with Crippen LogP contribution in [0, 0.1) is 0 Å². The fourth-order valence-electron chi connectivity index (χ4n) is 1.78. The molecule has 0 amide bonds. The molecule has 0 aliphatic carbocycles. The van der Waals surface area contributed by atoms with Gasteiger partial charge in [0.15, 0.2) is 0 Å². The molecule has 0 saturated heterocycles. The van der Waals surface area contributed by atoms with Crippen molar-refractivity contribution in [3.63, 3.8) is 0 Å². The molecule has 0 N–H and O–H groups in total. The molecule has 0 atom stereocenters. The van der Waals surface area contributed by atoms with Gasteiger partial charge in [-0.3, -0.25) is 0 Å². The van der Waals surface area contributed by atoms with Crippen molar-refractivity contribution in [2.75, 3.05) is 6.61 Å². The van der Waals surface area contributed by atoms with Gasteiger partial charge in [0, 0.05) is 6.08 Å². The molecule has 0 bridgehead atoms. The molecule has 1 rings (SSSR count). The van der Waals surface area contributed by atoms with Crippen LogP contribution < -0.4 is 5.19 Å². The summed E-state index contributed by atoms with van der Waals surface area (Å²) in [5, 5.41) is 1.45. The van der Waals surface area contributed by atoms with Gasteiger partial charge in [-0.15, -0.1) is 0 Å². The Bertz CT molecular complexity index is 371. The van der Waals surface area contributed by atoms with E-state index in [0.29, 0.717) is 6.61 Å². The van der Waals surface area contributed by atoms with Crippen LogP contribution in [0.3, 0.4) is 0 Å². The number of esters is 1. The Morgan fingerprint density at radius 3 is 2.59 bits per heavy atom. The van der Waals surface area contributed by atoms with E-state index < -0.39 is 8.07 Å². The molecule has 1 aromatic rings. The summed E-state index contributed by atoms with van der Waals surface area (Å²) in [6.07, 6.45) is 2.13. The van der Waals surface area contributed by atoms with Gasteiger partial charge < -0.3 is 4.74 Å². The average molecular weight is 248 g/mol. The van der Waals surface area contributed by atoms with E-state index in [1.54, 1.807) is 0 Å². The maximum atomic E-state index is 10.9. The van der Waals surface area contributed by atoms with Gasteiger partial charge >= 0.3 is 5.97 Å². The summed E-state index contributed by atoms with van der Waals surface area (Å²) in [6, 6.07) is 11.7. The van der Waals surface area contributed by atoms with Crippen LogP contribution in [0.1, 0.15) is 6.42 Å². The minimum atomic E-state index is -1.38. The molecule has 0 heterocycles. The summed E-state index contributed by atoms with van der Waals surface area (Å²) < 4.78 is 4.99. The molecule has 1 aromatic carbocycles. The number of carbonyl (C=O) groups is 1. The van der Waals surface area contributed by atoms with E-state index in [1.807, 2.05) is 6.07 Å². The maximum Gasteiger partial charge on any atom is 0.330 e. The molecular formula is C14H20O2Si. The fraction of sp³-hybridized carbons (Fsp3) is 0.357. The second-order valence-electron chi connectivity index (χ2n) is 4.73. The smallest absolute Gasteiger partial charge is 0.330 e. The summed E-state index contributed by atoms with van der Waals surface area (Å²) in [4.78, 5) is 10.9. The highest BCUT2D eigenvalue weighted by Gasteiger charge is 2.22. The monoisotopic (exact) mass is 248 g/mol. The van der Waals surface area contributed by atoms with Crippen molar-refractivity contribution < 1.29 is 9.53 Å². The predicted octanol–water partition coefficient (Wildman–Crippen LogP) is 2.72. The molecule has 3 heteroatoms. The lowest BCUT2D eigenvalue weighted by atomic mass is 10.4. The third kappa shape index (κ3) is 4.57. The summed E-state index contributed by atoms with van der Waals surface area (Å²) in [7, 11) is -1.38. The Morgan fingerprint density at radius 1 is 1.35 bits per heavy atom. The molecule has 0 spiro atoms. The first-order valence-corrected chi connectivity index (χ1v) is 9.12. The van der Waals surface area contributed by atoms with Crippen molar-refractivity contribution in [1.82, 2.24) is 0 Å². The van der Waals surface area contributed by atoms with Gasteiger partial charge in [-0.1, -0.05) is 61.2 Å². The average Bonchev–Trinajstić information content (AvgIpc) is 2.35. The van der Waals surface area contributed by atoms with Crippen LogP contribution >= 0.6 is 0 Å². The van der Waals surface area contributed by atoms with Crippen molar-refractivity contribution in [3.8, 4) is 0 Å². The maximum absolute atomic E-state index is 10.9. The number of carbonyl (C=O) groups excluding carboxylic acids is 1. The summed E-state index contributed by atoms with van der Waals surface area (Å²) in [6.45, 7) is 8.55. The van der Waals surface area contributed by atoms with Crippen LogP contribution in [0.25, 0.3) is 0 Å². The Labute approximate surface area is 104 Å². The Kier molecular flexibility index (Phi) is 5.16. The van der Waals surface area contributed by atoms with E-state index in [2.05, 4.69) is 43.9 Å². The molecule has 0 aromatic heterocycles. The summed E-state index contributed by atoms with van der Waals surface area (Å²) in [5.41, 5.74) is 0. The molecule has 0 unspecified atom stereocenters. The van der Waals surface area contributed by atoms with Crippen molar-refractivity contribution in [1.29, 1.82) is 0 Å². The SMILES string of the molecule is C=CC(=O)OCCC[Si](C)(C)c1ccccc1. The first-order valence-electron chi connectivity index (χ1n) is 5.91. The Hall–Kier alpha value is -1.35. The number of ether oxygens (including phenoxy) is 1. The molecular weight excluding hydrogens is 228 g/mol. The second kappa shape index (κ2) is 6.40. The van der Waals surface area contributed by atoms with E-state index in [1.165, 1.54) is 11.3 Å². The van der Waals surface area contributed by atoms with Crippen LogP contribution in [0.5, 0.6) is 0 Å². The lowest BCUT2D eigenvalue weighted by molar-refractivity contribution is -0.137. The topological polar surface area (TPSA) is 26.3 Å². The van der Waals surface area contributed by atoms with Gasteiger partial charge in [-0.05, 0) is 6.42 Å². The third-order valence-electron chi connectivity index (χ3n) is 2.91. The summed E-state index contributed by atoms with van der Waals surface area (Å²) >= 11 is 0. The molecule has 0 saturated carbocycles. The third-order valence-corrected chi connectivity index (χ3v) is 6.41.